The molecule has 0 spiro atoms. The van der Waals surface area contributed by atoms with E-state index in [9.17, 15) is 4.79 Å². The quantitative estimate of drug-likeness (QED) is 0.656. The lowest BCUT2D eigenvalue weighted by molar-refractivity contribution is -0.118. The van der Waals surface area contributed by atoms with Gasteiger partial charge in [0.25, 0.3) is 5.91 Å². The van der Waals surface area contributed by atoms with Crippen LogP contribution < -0.4 is 20.3 Å². The van der Waals surface area contributed by atoms with Gasteiger partial charge in [-0.15, -0.1) is 12.8 Å². The van der Waals surface area contributed by atoms with Crippen LogP contribution in [-0.2, 0) is 4.79 Å². The molecule has 1 amide bonds. The molecule has 3 aliphatic rings. The average molecular weight is 438 g/mol. The third-order valence-electron chi connectivity index (χ3n) is 4.18. The number of benzene rings is 1. The van der Waals surface area contributed by atoms with Crippen LogP contribution >= 0.6 is 27.7 Å². The monoisotopic (exact) mass is 437 g/mol. The van der Waals surface area contributed by atoms with Gasteiger partial charge in [0.1, 0.15) is 12.4 Å². The van der Waals surface area contributed by atoms with Gasteiger partial charge in [-0.1, -0.05) is 35.1 Å². The molecule has 5 nitrogen and oxygen atoms in total. The zero-order chi connectivity index (χ0) is 18.2. The fourth-order valence-electron chi connectivity index (χ4n) is 3.20. The molecule has 0 radical (unpaired) electrons. The highest BCUT2D eigenvalue weighted by molar-refractivity contribution is 9.10. The summed E-state index contributed by atoms with van der Waals surface area (Å²) in [7, 11) is 0. The Morgan fingerprint density at radius 3 is 2.85 bits per heavy atom. The highest BCUT2D eigenvalue weighted by Gasteiger charge is 2.40. The van der Waals surface area contributed by atoms with E-state index < -0.39 is 0 Å². The lowest BCUT2D eigenvalue weighted by Gasteiger charge is -2.36. The molecule has 2 N–H and O–H groups in total. The number of nitrogens with one attached hydrogen (secondary N) is 2. The van der Waals surface area contributed by atoms with Gasteiger partial charge in [-0.05, 0) is 32.0 Å². The molecule has 3 aliphatic heterocycles. The minimum absolute atomic E-state index is 0. The molecule has 0 saturated carbocycles. The van der Waals surface area contributed by atoms with Crippen LogP contribution in [-0.4, -0.2) is 30.1 Å². The van der Waals surface area contributed by atoms with E-state index in [4.69, 9.17) is 4.74 Å². The van der Waals surface area contributed by atoms with Gasteiger partial charge in [0.2, 0.25) is 0 Å². The van der Waals surface area contributed by atoms with Crippen LogP contribution in [0.2, 0.25) is 0 Å². The van der Waals surface area contributed by atoms with E-state index in [0.717, 1.165) is 39.5 Å². The number of terminal acetylenes is 1. The highest BCUT2D eigenvalue weighted by atomic mass is 79.9. The van der Waals surface area contributed by atoms with Crippen LogP contribution in [0.4, 0.5) is 5.69 Å². The van der Waals surface area contributed by atoms with Crippen molar-refractivity contribution in [2.24, 2.45) is 0 Å². The molecular weight excluding hydrogens is 414 g/mol. The van der Waals surface area contributed by atoms with Crippen LogP contribution in [0.25, 0.3) is 0 Å². The molecule has 1 atom stereocenters. The number of rotatable bonds is 1. The normalized spacial score (nSPS) is 22.4. The number of ether oxygens (including phenoxy) is 1. The Balaban J connectivity index is 0.000000784. The van der Waals surface area contributed by atoms with Crippen LogP contribution in [0.5, 0.6) is 5.75 Å². The summed E-state index contributed by atoms with van der Waals surface area (Å²) in [5, 5.41) is 6.62. The van der Waals surface area contributed by atoms with Crippen LogP contribution in [0.15, 0.2) is 33.3 Å². The van der Waals surface area contributed by atoms with E-state index in [0.29, 0.717) is 6.61 Å². The second-order valence-corrected chi connectivity index (χ2v) is 8.60. The fourth-order valence-corrected chi connectivity index (χ4v) is 4.75. The van der Waals surface area contributed by atoms with Crippen molar-refractivity contribution in [3.63, 3.8) is 0 Å². The standard InChI is InChI=1S/C16H18BrN3O2S.C2H2.CH4/c1-16(2)8-10-13(14(21)19-16)23-15(18-10)20-5-6-22-12-4-3-9(17)7-11(12)20;1-2;/h3-4,7,15,18H,5-6,8H2,1-2H3,(H,19,21);1-2H;1H4. The maximum Gasteiger partial charge on any atom is 0.260 e. The molecule has 0 fully saturated rings. The number of hydrogen-bond donors (Lipinski definition) is 2. The summed E-state index contributed by atoms with van der Waals surface area (Å²) in [5.74, 6) is 0.912. The zero-order valence-electron chi connectivity index (χ0n) is 14.1. The molecule has 1 aromatic rings. The number of halogens is 1. The minimum Gasteiger partial charge on any atom is -0.490 e. The zero-order valence-corrected chi connectivity index (χ0v) is 16.5. The van der Waals surface area contributed by atoms with Crippen molar-refractivity contribution in [1.82, 2.24) is 10.6 Å². The highest BCUT2D eigenvalue weighted by Crippen LogP contribution is 2.43. The molecule has 0 aromatic heterocycles. The van der Waals surface area contributed by atoms with Crippen molar-refractivity contribution in [2.45, 2.75) is 38.7 Å². The number of amides is 1. The lowest BCUT2D eigenvalue weighted by atomic mass is 9.95. The second-order valence-electron chi connectivity index (χ2n) is 6.59. The Morgan fingerprint density at radius 1 is 1.38 bits per heavy atom. The first-order chi connectivity index (χ1) is 11.9. The minimum atomic E-state index is -0.204. The average Bonchev–Trinajstić information content (AvgIpc) is 2.99. The maximum absolute atomic E-state index is 12.3. The van der Waals surface area contributed by atoms with E-state index in [1.165, 1.54) is 0 Å². The Hall–Kier alpha value is -1.78. The van der Waals surface area contributed by atoms with Gasteiger partial charge in [-0.25, -0.2) is 0 Å². The van der Waals surface area contributed by atoms with Gasteiger partial charge < -0.3 is 20.3 Å². The maximum atomic E-state index is 12.3. The second kappa shape index (κ2) is 7.85. The smallest absolute Gasteiger partial charge is 0.260 e. The SMILES string of the molecule is C.C#C.CC1(C)CC2=C(SC(N3CCOc4ccc(Br)cc43)N2)C(=O)N1. The first-order valence-electron chi connectivity index (χ1n) is 7.94. The third kappa shape index (κ3) is 3.81. The number of thioether (sulfide) groups is 1. The molecule has 7 heteroatoms. The van der Waals surface area contributed by atoms with Crippen LogP contribution in [0.1, 0.15) is 27.7 Å². The molecular formula is C19H24BrN3O2S. The number of nitrogens with zero attached hydrogens (tertiary/aromatic N) is 1. The van der Waals surface area contributed by atoms with Gasteiger partial charge in [0.15, 0.2) is 5.50 Å². The largest absolute Gasteiger partial charge is 0.490 e. The molecule has 0 bridgehead atoms. The first kappa shape index (κ1) is 20.5. The van der Waals surface area contributed by atoms with E-state index in [2.05, 4.69) is 64.2 Å². The summed E-state index contributed by atoms with van der Waals surface area (Å²) >= 11 is 5.12. The van der Waals surface area contributed by atoms with Crippen molar-refractivity contribution in [1.29, 1.82) is 0 Å². The lowest BCUT2D eigenvalue weighted by Crippen LogP contribution is -2.49. The van der Waals surface area contributed by atoms with E-state index in [1.54, 1.807) is 11.8 Å². The predicted octanol–water partition coefficient (Wildman–Crippen LogP) is 3.66. The Kier molecular flexibility index (Phi) is 6.20. The Labute approximate surface area is 168 Å². The topological polar surface area (TPSA) is 53.6 Å². The van der Waals surface area contributed by atoms with E-state index in [-0.39, 0.29) is 24.4 Å². The first-order valence-corrected chi connectivity index (χ1v) is 9.61. The number of fused-ring (bicyclic) bond motifs is 1. The van der Waals surface area contributed by atoms with Crippen molar-refractivity contribution in [3.8, 4) is 18.6 Å². The van der Waals surface area contributed by atoms with Gasteiger partial charge in [-0.2, -0.15) is 0 Å². The van der Waals surface area contributed by atoms with Gasteiger partial charge in [0.05, 0.1) is 17.1 Å². The molecule has 4 rings (SSSR count). The summed E-state index contributed by atoms with van der Waals surface area (Å²) in [6, 6.07) is 6.03. The van der Waals surface area contributed by atoms with E-state index >= 15 is 0 Å². The molecule has 0 saturated heterocycles. The molecule has 1 unspecified atom stereocenters. The number of hydrogen-bond acceptors (Lipinski definition) is 5. The Bertz CT molecular complexity index is 760. The molecule has 26 heavy (non-hydrogen) atoms. The van der Waals surface area contributed by atoms with Gasteiger partial charge in [-0.3, -0.25) is 4.79 Å². The predicted molar refractivity (Wildman–Crippen MR) is 112 cm³/mol. The molecule has 0 aliphatic carbocycles. The fraction of sp³-hybridized carbons (Fsp3) is 0.421. The summed E-state index contributed by atoms with van der Waals surface area (Å²) < 4.78 is 6.77. The van der Waals surface area contributed by atoms with E-state index in [1.807, 2.05) is 12.1 Å². The molecule has 140 valence electrons. The van der Waals surface area contributed by atoms with Crippen molar-refractivity contribution >= 4 is 39.3 Å². The van der Waals surface area contributed by atoms with Gasteiger partial charge >= 0.3 is 0 Å². The third-order valence-corrected chi connectivity index (χ3v) is 5.94. The van der Waals surface area contributed by atoms with Crippen molar-refractivity contribution < 1.29 is 9.53 Å². The van der Waals surface area contributed by atoms with Crippen molar-refractivity contribution in [3.05, 3.63) is 33.3 Å². The summed E-state index contributed by atoms with van der Waals surface area (Å²) in [6.45, 7) is 5.54. The summed E-state index contributed by atoms with van der Waals surface area (Å²) in [6.07, 6.45) is 8.83. The number of carbonyl (C=O) groups excluding carboxylic acids is 1. The molecule has 3 heterocycles. The Morgan fingerprint density at radius 2 is 2.12 bits per heavy atom. The molecule has 1 aromatic carbocycles. The number of anilines is 1. The van der Waals surface area contributed by atoms with Crippen molar-refractivity contribution in [2.75, 3.05) is 18.1 Å². The van der Waals surface area contributed by atoms with Gasteiger partial charge in [0, 0.05) is 22.1 Å². The van der Waals surface area contributed by atoms with Crippen LogP contribution in [0, 0.1) is 12.8 Å². The van der Waals surface area contributed by atoms with Crippen LogP contribution in [0.3, 0.4) is 0 Å². The summed E-state index contributed by atoms with van der Waals surface area (Å²) in [5.41, 5.74) is 1.92. The summed E-state index contributed by atoms with van der Waals surface area (Å²) in [4.78, 5) is 15.4. The number of carbonyl (C=O) groups is 1.